The number of rotatable bonds is 4. The third kappa shape index (κ3) is 4.03. The maximum absolute atomic E-state index is 13.8. The molecule has 0 spiro atoms. The average Bonchev–Trinajstić information content (AvgIpc) is 3.18. The number of aromatic nitrogens is 5. The topological polar surface area (TPSA) is 71.8 Å². The van der Waals surface area contributed by atoms with E-state index in [2.05, 4.69) is 32.2 Å². The number of aryl methyl sites for hydroxylation is 2. The summed E-state index contributed by atoms with van der Waals surface area (Å²) in [5, 5.41) is 8.24. The number of piperidine rings is 1. The summed E-state index contributed by atoms with van der Waals surface area (Å²) in [6, 6.07) is 6.13. The zero-order chi connectivity index (χ0) is 22.3. The Bertz CT molecular complexity index is 1120. The normalized spacial score (nSPS) is 20.1. The maximum Gasteiger partial charge on any atom is 0.242 e. The second-order valence-corrected chi connectivity index (χ2v) is 9.08. The van der Waals surface area contributed by atoms with Crippen molar-refractivity contribution < 1.29 is 8.78 Å². The van der Waals surface area contributed by atoms with Gasteiger partial charge < -0.3 is 10.2 Å². The molecular formula is C23H27F2N7. The van der Waals surface area contributed by atoms with E-state index in [1.165, 1.54) is 12.1 Å². The predicted molar refractivity (Wildman–Crippen MR) is 118 cm³/mol. The molecule has 0 aliphatic carbocycles. The van der Waals surface area contributed by atoms with E-state index in [4.69, 9.17) is 4.98 Å². The van der Waals surface area contributed by atoms with Crippen molar-refractivity contribution in [2.45, 2.75) is 57.5 Å². The van der Waals surface area contributed by atoms with Crippen molar-refractivity contribution in [3.8, 4) is 0 Å². The second kappa shape index (κ2) is 8.11. The Morgan fingerprint density at radius 1 is 1.06 bits per heavy atom. The van der Waals surface area contributed by atoms with Crippen molar-refractivity contribution >= 4 is 11.8 Å². The van der Waals surface area contributed by atoms with Crippen LogP contribution >= 0.6 is 0 Å². The van der Waals surface area contributed by atoms with Gasteiger partial charge in [0.15, 0.2) is 11.6 Å². The molecule has 4 heterocycles. The number of halogens is 2. The van der Waals surface area contributed by atoms with Gasteiger partial charge in [-0.3, -0.25) is 0 Å². The summed E-state index contributed by atoms with van der Waals surface area (Å²) >= 11 is 0. The lowest BCUT2D eigenvalue weighted by Crippen LogP contribution is -2.47. The van der Waals surface area contributed by atoms with Crippen LogP contribution in [0.3, 0.4) is 0 Å². The zero-order valence-electron chi connectivity index (χ0n) is 18.4. The Labute approximate surface area is 185 Å². The number of hydrogen-bond acceptors (Lipinski definition) is 6. The molecule has 32 heavy (non-hydrogen) atoms. The molecule has 2 aliphatic heterocycles. The van der Waals surface area contributed by atoms with Crippen LogP contribution in [0.15, 0.2) is 30.6 Å². The summed E-state index contributed by atoms with van der Waals surface area (Å²) in [4.78, 5) is 15.6. The van der Waals surface area contributed by atoms with Crippen LogP contribution in [0, 0.1) is 18.6 Å². The molecule has 3 aromatic rings. The van der Waals surface area contributed by atoms with Gasteiger partial charge >= 0.3 is 0 Å². The molecule has 5 rings (SSSR count). The van der Waals surface area contributed by atoms with E-state index in [-0.39, 0.29) is 11.5 Å². The second-order valence-electron chi connectivity index (χ2n) is 9.08. The summed E-state index contributed by atoms with van der Waals surface area (Å²) in [6.07, 6.45) is 5.22. The quantitative estimate of drug-likeness (QED) is 0.661. The molecule has 9 heteroatoms. The molecule has 1 fully saturated rings. The fraction of sp³-hybridized carbons (Fsp3) is 0.478. The zero-order valence-corrected chi connectivity index (χ0v) is 18.4. The van der Waals surface area contributed by atoms with Crippen LogP contribution in [0.2, 0.25) is 0 Å². The van der Waals surface area contributed by atoms with E-state index < -0.39 is 11.6 Å². The number of anilines is 2. The number of hydrogen-bond donors (Lipinski definition) is 1. The molecule has 0 amide bonds. The van der Waals surface area contributed by atoms with Gasteiger partial charge in [-0.05, 0) is 57.2 Å². The van der Waals surface area contributed by atoms with E-state index >= 15 is 0 Å². The van der Waals surface area contributed by atoms with Crippen molar-refractivity contribution in [1.82, 2.24) is 24.7 Å². The lowest BCUT2D eigenvalue weighted by molar-refractivity contribution is 0.390. The Morgan fingerprint density at radius 3 is 2.62 bits per heavy atom. The highest BCUT2D eigenvalue weighted by molar-refractivity contribution is 5.41. The highest BCUT2D eigenvalue weighted by atomic mass is 19.2. The van der Waals surface area contributed by atoms with Crippen LogP contribution in [0.25, 0.3) is 0 Å². The summed E-state index contributed by atoms with van der Waals surface area (Å²) < 4.78 is 29.1. The standard InChI is InChI=1S/C23H27F2N7/c1-15-12-20(27-14-26-15)31-10-7-23(2,8-11-31)29-22-28-21-17(4-3-9-32(21)30-22)16-5-6-18(24)19(25)13-16/h5-6,12-14,17H,3-4,7-11H2,1-2H3,(H,29,30). The third-order valence-electron chi connectivity index (χ3n) is 6.61. The molecule has 1 aromatic carbocycles. The number of benzene rings is 1. The minimum absolute atomic E-state index is 0.0856. The first-order valence-electron chi connectivity index (χ1n) is 11.1. The Morgan fingerprint density at radius 2 is 1.88 bits per heavy atom. The number of nitrogens with zero attached hydrogens (tertiary/aromatic N) is 6. The third-order valence-corrected chi connectivity index (χ3v) is 6.61. The molecule has 1 unspecified atom stereocenters. The molecule has 2 aromatic heterocycles. The fourth-order valence-corrected chi connectivity index (χ4v) is 4.69. The van der Waals surface area contributed by atoms with Crippen molar-refractivity contribution in [2.75, 3.05) is 23.3 Å². The molecule has 2 aliphatic rings. The van der Waals surface area contributed by atoms with Crippen LogP contribution < -0.4 is 10.2 Å². The van der Waals surface area contributed by atoms with Gasteiger partial charge in [-0.1, -0.05) is 6.07 Å². The molecular weight excluding hydrogens is 412 g/mol. The van der Waals surface area contributed by atoms with Gasteiger partial charge in [0.25, 0.3) is 0 Å². The van der Waals surface area contributed by atoms with Crippen LogP contribution in [-0.4, -0.2) is 43.4 Å². The molecule has 1 saturated heterocycles. The molecule has 0 bridgehead atoms. The van der Waals surface area contributed by atoms with Gasteiger partial charge in [-0.15, -0.1) is 5.10 Å². The minimum atomic E-state index is -0.829. The molecule has 0 saturated carbocycles. The van der Waals surface area contributed by atoms with Crippen molar-refractivity contribution in [3.05, 3.63) is 59.3 Å². The molecule has 1 N–H and O–H groups in total. The Balaban J connectivity index is 1.30. The molecule has 168 valence electrons. The maximum atomic E-state index is 13.8. The first-order chi connectivity index (χ1) is 15.4. The Hall–Kier alpha value is -3.10. The summed E-state index contributed by atoms with van der Waals surface area (Å²) in [7, 11) is 0. The van der Waals surface area contributed by atoms with E-state index in [9.17, 15) is 8.78 Å². The molecule has 0 radical (unpaired) electrons. The van der Waals surface area contributed by atoms with Crippen LogP contribution in [0.4, 0.5) is 20.5 Å². The highest BCUT2D eigenvalue weighted by Crippen LogP contribution is 2.34. The molecule has 7 nitrogen and oxygen atoms in total. The SMILES string of the molecule is Cc1cc(N2CCC(C)(Nc3nc4n(n3)CCCC4c3ccc(F)c(F)c3)CC2)ncn1. The lowest BCUT2D eigenvalue weighted by atomic mass is 9.89. The van der Waals surface area contributed by atoms with Crippen LogP contribution in [0.5, 0.6) is 0 Å². The van der Waals surface area contributed by atoms with E-state index in [1.807, 2.05) is 17.7 Å². The first kappa shape index (κ1) is 20.8. The van der Waals surface area contributed by atoms with E-state index in [0.717, 1.165) is 68.2 Å². The van der Waals surface area contributed by atoms with Gasteiger partial charge in [0.05, 0.1) is 0 Å². The monoisotopic (exact) mass is 439 g/mol. The summed E-state index contributed by atoms with van der Waals surface area (Å²) in [6.45, 7) is 6.71. The van der Waals surface area contributed by atoms with Crippen molar-refractivity contribution in [3.63, 3.8) is 0 Å². The predicted octanol–water partition coefficient (Wildman–Crippen LogP) is 4.05. The summed E-state index contributed by atoms with van der Waals surface area (Å²) in [5.74, 6) is 0.632. The van der Waals surface area contributed by atoms with Gasteiger partial charge in [0.1, 0.15) is 18.0 Å². The van der Waals surface area contributed by atoms with Crippen molar-refractivity contribution in [1.29, 1.82) is 0 Å². The smallest absolute Gasteiger partial charge is 0.242 e. The van der Waals surface area contributed by atoms with Crippen molar-refractivity contribution in [2.24, 2.45) is 0 Å². The number of nitrogens with one attached hydrogen (secondary N) is 1. The Kier molecular flexibility index (Phi) is 5.27. The largest absolute Gasteiger partial charge is 0.356 e. The number of fused-ring (bicyclic) bond motifs is 1. The fourth-order valence-electron chi connectivity index (χ4n) is 4.69. The summed E-state index contributed by atoms with van der Waals surface area (Å²) in [5.41, 5.74) is 1.57. The first-order valence-corrected chi connectivity index (χ1v) is 11.1. The van der Waals surface area contributed by atoms with Gasteiger partial charge in [0.2, 0.25) is 5.95 Å². The van der Waals surface area contributed by atoms with Crippen LogP contribution in [-0.2, 0) is 6.54 Å². The average molecular weight is 440 g/mol. The lowest BCUT2D eigenvalue weighted by Gasteiger charge is -2.40. The highest BCUT2D eigenvalue weighted by Gasteiger charge is 2.33. The van der Waals surface area contributed by atoms with Crippen LogP contribution in [0.1, 0.15) is 55.6 Å². The van der Waals surface area contributed by atoms with Gasteiger partial charge in [0, 0.05) is 42.9 Å². The van der Waals surface area contributed by atoms with E-state index in [0.29, 0.717) is 5.95 Å². The van der Waals surface area contributed by atoms with E-state index in [1.54, 1.807) is 12.4 Å². The van der Waals surface area contributed by atoms with Gasteiger partial charge in [-0.2, -0.15) is 4.98 Å². The molecule has 1 atom stereocenters. The minimum Gasteiger partial charge on any atom is -0.356 e. The van der Waals surface area contributed by atoms with Gasteiger partial charge in [-0.25, -0.2) is 23.4 Å².